The molecule has 0 aliphatic heterocycles. The SMILES string of the molecule is O=c1c2ccccc2oc2cc(-c3ccccc3)ncc12. The van der Waals surface area contributed by atoms with Gasteiger partial charge in [-0.3, -0.25) is 9.78 Å². The van der Waals surface area contributed by atoms with Crippen LogP contribution in [-0.2, 0) is 0 Å². The number of nitrogens with zero attached hydrogens (tertiary/aromatic N) is 1. The molecular formula is C18H11NO2. The monoisotopic (exact) mass is 273 g/mol. The minimum Gasteiger partial charge on any atom is -0.456 e. The zero-order chi connectivity index (χ0) is 14.2. The second-order valence-corrected chi connectivity index (χ2v) is 4.86. The van der Waals surface area contributed by atoms with Crippen molar-refractivity contribution in [3.63, 3.8) is 0 Å². The van der Waals surface area contributed by atoms with Gasteiger partial charge in [-0.25, -0.2) is 0 Å². The number of para-hydroxylation sites is 1. The van der Waals surface area contributed by atoms with Crippen LogP contribution in [0.3, 0.4) is 0 Å². The molecule has 0 atom stereocenters. The topological polar surface area (TPSA) is 43.1 Å². The van der Waals surface area contributed by atoms with Crippen molar-refractivity contribution in [1.29, 1.82) is 0 Å². The van der Waals surface area contributed by atoms with E-state index < -0.39 is 0 Å². The van der Waals surface area contributed by atoms with Gasteiger partial charge in [0.15, 0.2) is 0 Å². The standard InChI is InChI=1S/C18H11NO2/c20-18-13-8-4-5-9-16(13)21-17-10-15(19-11-14(17)18)12-6-2-1-3-7-12/h1-11H. The molecule has 3 nitrogen and oxygen atoms in total. The summed E-state index contributed by atoms with van der Waals surface area (Å²) in [6.07, 6.45) is 1.59. The van der Waals surface area contributed by atoms with Crippen molar-refractivity contribution in [2.24, 2.45) is 0 Å². The fraction of sp³-hybridized carbons (Fsp3) is 0. The molecule has 0 saturated carbocycles. The van der Waals surface area contributed by atoms with E-state index in [-0.39, 0.29) is 5.43 Å². The molecule has 0 unspecified atom stereocenters. The van der Waals surface area contributed by atoms with Crippen LogP contribution in [0.25, 0.3) is 33.2 Å². The van der Waals surface area contributed by atoms with Gasteiger partial charge in [0, 0.05) is 17.8 Å². The number of hydrogen-bond donors (Lipinski definition) is 0. The van der Waals surface area contributed by atoms with Crippen LogP contribution in [0.1, 0.15) is 0 Å². The molecule has 0 amide bonds. The van der Waals surface area contributed by atoms with Gasteiger partial charge >= 0.3 is 0 Å². The molecule has 0 aliphatic carbocycles. The number of hydrogen-bond acceptors (Lipinski definition) is 3. The van der Waals surface area contributed by atoms with Gasteiger partial charge in [-0.15, -0.1) is 0 Å². The summed E-state index contributed by atoms with van der Waals surface area (Å²) in [6, 6.07) is 18.9. The Morgan fingerprint density at radius 2 is 1.57 bits per heavy atom. The van der Waals surface area contributed by atoms with E-state index in [1.165, 1.54) is 0 Å². The number of aromatic nitrogens is 1. The lowest BCUT2D eigenvalue weighted by atomic mass is 10.1. The molecule has 0 spiro atoms. The lowest BCUT2D eigenvalue weighted by Gasteiger charge is -2.04. The smallest absolute Gasteiger partial charge is 0.202 e. The van der Waals surface area contributed by atoms with Crippen LogP contribution < -0.4 is 5.43 Å². The van der Waals surface area contributed by atoms with Crippen molar-refractivity contribution >= 4 is 21.9 Å². The zero-order valence-electron chi connectivity index (χ0n) is 11.1. The Bertz CT molecular complexity index is 1000. The average Bonchev–Trinajstić information content (AvgIpc) is 2.55. The summed E-state index contributed by atoms with van der Waals surface area (Å²) in [4.78, 5) is 16.8. The lowest BCUT2D eigenvalue weighted by Crippen LogP contribution is -2.02. The first kappa shape index (κ1) is 11.9. The van der Waals surface area contributed by atoms with Gasteiger partial charge < -0.3 is 4.42 Å². The van der Waals surface area contributed by atoms with Crippen molar-refractivity contribution in [2.45, 2.75) is 0 Å². The van der Waals surface area contributed by atoms with E-state index in [4.69, 9.17) is 4.42 Å². The van der Waals surface area contributed by atoms with Gasteiger partial charge in [0.25, 0.3) is 0 Å². The zero-order valence-corrected chi connectivity index (χ0v) is 11.1. The third-order valence-electron chi connectivity index (χ3n) is 3.53. The first-order chi connectivity index (χ1) is 10.3. The average molecular weight is 273 g/mol. The first-order valence-corrected chi connectivity index (χ1v) is 6.70. The summed E-state index contributed by atoms with van der Waals surface area (Å²) < 4.78 is 5.85. The van der Waals surface area contributed by atoms with Crippen LogP contribution in [-0.4, -0.2) is 4.98 Å². The molecule has 3 heteroatoms. The van der Waals surface area contributed by atoms with Crippen LogP contribution in [0.5, 0.6) is 0 Å². The Morgan fingerprint density at radius 3 is 2.43 bits per heavy atom. The number of fused-ring (bicyclic) bond motifs is 2. The van der Waals surface area contributed by atoms with Crippen LogP contribution in [0.4, 0.5) is 0 Å². The fourth-order valence-corrected chi connectivity index (χ4v) is 2.47. The molecule has 21 heavy (non-hydrogen) atoms. The Balaban J connectivity index is 2.04. The fourth-order valence-electron chi connectivity index (χ4n) is 2.47. The molecule has 0 aliphatic rings. The Labute approximate surface area is 120 Å². The van der Waals surface area contributed by atoms with E-state index in [0.717, 1.165) is 11.3 Å². The number of benzene rings is 2. The third kappa shape index (κ3) is 1.91. The van der Waals surface area contributed by atoms with Gasteiger partial charge in [-0.05, 0) is 12.1 Å². The molecular weight excluding hydrogens is 262 g/mol. The summed E-state index contributed by atoms with van der Waals surface area (Å²) in [5.74, 6) is 0. The molecule has 0 bridgehead atoms. The highest BCUT2D eigenvalue weighted by Crippen LogP contribution is 2.23. The van der Waals surface area contributed by atoms with Crippen LogP contribution in [0, 0.1) is 0 Å². The molecule has 0 radical (unpaired) electrons. The van der Waals surface area contributed by atoms with E-state index in [0.29, 0.717) is 21.9 Å². The molecule has 0 N–H and O–H groups in total. The summed E-state index contributed by atoms with van der Waals surface area (Å²) in [5.41, 5.74) is 2.91. The lowest BCUT2D eigenvalue weighted by molar-refractivity contribution is 0.659. The highest BCUT2D eigenvalue weighted by Gasteiger charge is 2.09. The van der Waals surface area contributed by atoms with Crippen molar-refractivity contribution in [3.05, 3.63) is 77.1 Å². The number of rotatable bonds is 1. The minimum absolute atomic E-state index is 0.0426. The normalized spacial score (nSPS) is 11.0. The predicted molar refractivity (Wildman–Crippen MR) is 83.2 cm³/mol. The summed E-state index contributed by atoms with van der Waals surface area (Å²) >= 11 is 0. The van der Waals surface area contributed by atoms with Gasteiger partial charge in [-0.1, -0.05) is 42.5 Å². The highest BCUT2D eigenvalue weighted by molar-refractivity contribution is 5.90. The van der Waals surface area contributed by atoms with E-state index >= 15 is 0 Å². The van der Waals surface area contributed by atoms with E-state index in [2.05, 4.69) is 4.98 Å². The first-order valence-electron chi connectivity index (χ1n) is 6.70. The minimum atomic E-state index is -0.0426. The summed E-state index contributed by atoms with van der Waals surface area (Å²) in [5, 5.41) is 1.09. The predicted octanol–water partition coefficient (Wildman–Crippen LogP) is 4.01. The Kier molecular flexibility index (Phi) is 2.57. The number of pyridine rings is 1. The van der Waals surface area contributed by atoms with Crippen LogP contribution in [0.2, 0.25) is 0 Å². The third-order valence-corrected chi connectivity index (χ3v) is 3.53. The molecule has 2 heterocycles. The molecule has 0 saturated heterocycles. The van der Waals surface area contributed by atoms with Crippen LogP contribution >= 0.6 is 0 Å². The highest BCUT2D eigenvalue weighted by atomic mass is 16.3. The Hall–Kier alpha value is -2.94. The summed E-state index contributed by atoms with van der Waals surface area (Å²) in [7, 11) is 0. The molecule has 2 aromatic heterocycles. The van der Waals surface area contributed by atoms with E-state index in [1.54, 1.807) is 18.3 Å². The maximum absolute atomic E-state index is 12.4. The van der Waals surface area contributed by atoms with Gasteiger partial charge in [0.1, 0.15) is 11.2 Å². The van der Waals surface area contributed by atoms with Crippen molar-refractivity contribution in [2.75, 3.05) is 0 Å². The van der Waals surface area contributed by atoms with Gasteiger partial charge in [-0.2, -0.15) is 0 Å². The maximum atomic E-state index is 12.4. The van der Waals surface area contributed by atoms with Crippen molar-refractivity contribution in [3.8, 4) is 11.3 Å². The maximum Gasteiger partial charge on any atom is 0.202 e. The van der Waals surface area contributed by atoms with Crippen molar-refractivity contribution in [1.82, 2.24) is 4.98 Å². The second-order valence-electron chi connectivity index (χ2n) is 4.86. The molecule has 4 rings (SSSR count). The second kappa shape index (κ2) is 4.56. The summed E-state index contributed by atoms with van der Waals surface area (Å²) in [6.45, 7) is 0. The van der Waals surface area contributed by atoms with E-state index in [9.17, 15) is 4.79 Å². The molecule has 100 valence electrons. The van der Waals surface area contributed by atoms with E-state index in [1.807, 2.05) is 48.5 Å². The Morgan fingerprint density at radius 1 is 0.810 bits per heavy atom. The van der Waals surface area contributed by atoms with Crippen molar-refractivity contribution < 1.29 is 4.42 Å². The van der Waals surface area contributed by atoms with Gasteiger partial charge in [0.2, 0.25) is 5.43 Å². The molecule has 2 aromatic carbocycles. The molecule has 4 aromatic rings. The van der Waals surface area contributed by atoms with Gasteiger partial charge in [0.05, 0.1) is 16.5 Å². The van der Waals surface area contributed by atoms with Crippen LogP contribution in [0.15, 0.2) is 76.1 Å². The largest absolute Gasteiger partial charge is 0.456 e. The molecule has 0 fully saturated rings. The quantitative estimate of drug-likeness (QED) is 0.492.